The number of nitrogens with one attached hydrogen (secondary N) is 1. The van der Waals surface area contributed by atoms with Gasteiger partial charge in [-0.3, -0.25) is 0 Å². The summed E-state index contributed by atoms with van der Waals surface area (Å²) in [5.41, 5.74) is 5.03. The van der Waals surface area contributed by atoms with Gasteiger partial charge in [-0.25, -0.2) is 0 Å². The molecule has 0 aliphatic heterocycles. The Labute approximate surface area is 140 Å². The van der Waals surface area contributed by atoms with E-state index < -0.39 is 0 Å². The summed E-state index contributed by atoms with van der Waals surface area (Å²) in [5, 5.41) is 4.50. The van der Waals surface area contributed by atoms with E-state index in [1.807, 2.05) is 12.1 Å². The van der Waals surface area contributed by atoms with E-state index >= 15 is 0 Å². The molecule has 0 aromatic heterocycles. The molecule has 0 amide bonds. The highest BCUT2D eigenvalue weighted by Gasteiger charge is 2.13. The summed E-state index contributed by atoms with van der Waals surface area (Å²) >= 11 is 9.55. The molecule has 1 unspecified atom stereocenters. The SMILES string of the molecule is CCCC(Nc1c(C)cc(Br)cc1C)c1ccc(Cl)cc1. The number of aryl methyl sites for hydroxylation is 2. The quantitative estimate of drug-likeness (QED) is 0.623. The number of benzene rings is 2. The van der Waals surface area contributed by atoms with Crippen LogP contribution >= 0.6 is 27.5 Å². The number of halogens is 2. The largest absolute Gasteiger partial charge is 0.378 e. The van der Waals surface area contributed by atoms with Crippen LogP contribution in [0.3, 0.4) is 0 Å². The van der Waals surface area contributed by atoms with Crippen molar-refractivity contribution in [3.8, 4) is 0 Å². The van der Waals surface area contributed by atoms with Crippen molar-refractivity contribution in [3.63, 3.8) is 0 Å². The van der Waals surface area contributed by atoms with Crippen LogP contribution < -0.4 is 5.32 Å². The van der Waals surface area contributed by atoms with Crippen molar-refractivity contribution in [2.45, 2.75) is 39.7 Å². The average Bonchev–Trinajstić information content (AvgIpc) is 2.42. The van der Waals surface area contributed by atoms with Crippen LogP contribution in [-0.4, -0.2) is 0 Å². The third-order valence-corrected chi connectivity index (χ3v) is 4.38. The van der Waals surface area contributed by atoms with Gasteiger partial charge in [0.25, 0.3) is 0 Å². The lowest BCUT2D eigenvalue weighted by Gasteiger charge is -2.23. The zero-order valence-electron chi connectivity index (χ0n) is 12.7. The van der Waals surface area contributed by atoms with Gasteiger partial charge in [0, 0.05) is 15.2 Å². The fraction of sp³-hybridized carbons (Fsp3) is 0.333. The van der Waals surface area contributed by atoms with Gasteiger partial charge >= 0.3 is 0 Å². The van der Waals surface area contributed by atoms with Crippen molar-refractivity contribution >= 4 is 33.2 Å². The van der Waals surface area contributed by atoms with Crippen LogP contribution in [0.5, 0.6) is 0 Å². The fourth-order valence-electron chi connectivity index (χ4n) is 2.62. The topological polar surface area (TPSA) is 12.0 Å². The van der Waals surface area contributed by atoms with Gasteiger partial charge < -0.3 is 5.32 Å². The molecule has 2 rings (SSSR count). The first-order valence-electron chi connectivity index (χ1n) is 7.30. The summed E-state index contributed by atoms with van der Waals surface area (Å²) in [6.45, 7) is 6.50. The van der Waals surface area contributed by atoms with Gasteiger partial charge in [-0.05, 0) is 61.2 Å². The standard InChI is InChI=1S/C18H21BrClN/c1-4-5-17(14-6-8-16(20)9-7-14)21-18-12(2)10-15(19)11-13(18)3/h6-11,17,21H,4-5H2,1-3H3. The Balaban J connectivity index is 2.30. The van der Waals surface area contributed by atoms with Crippen LogP contribution in [0.2, 0.25) is 5.02 Å². The molecule has 2 aromatic carbocycles. The van der Waals surface area contributed by atoms with Crippen LogP contribution in [0, 0.1) is 13.8 Å². The van der Waals surface area contributed by atoms with E-state index in [-0.39, 0.29) is 0 Å². The lowest BCUT2D eigenvalue weighted by atomic mass is 10.0. The zero-order chi connectivity index (χ0) is 15.4. The average molecular weight is 367 g/mol. The maximum absolute atomic E-state index is 6.00. The molecule has 0 aliphatic rings. The van der Waals surface area contributed by atoms with E-state index in [0.29, 0.717) is 6.04 Å². The van der Waals surface area contributed by atoms with E-state index in [9.17, 15) is 0 Å². The predicted molar refractivity (Wildman–Crippen MR) is 96.3 cm³/mol. The summed E-state index contributed by atoms with van der Waals surface area (Å²) in [6.07, 6.45) is 2.23. The Kier molecular flexibility index (Phi) is 5.72. The Bertz CT molecular complexity index is 584. The maximum Gasteiger partial charge on any atom is 0.0513 e. The molecule has 3 heteroatoms. The fourth-order valence-corrected chi connectivity index (χ4v) is 3.43. The molecule has 0 fully saturated rings. The summed E-state index contributed by atoms with van der Waals surface area (Å²) < 4.78 is 1.13. The molecule has 0 saturated carbocycles. The van der Waals surface area contributed by atoms with Crippen LogP contribution in [0.1, 0.15) is 42.5 Å². The van der Waals surface area contributed by atoms with Crippen molar-refractivity contribution in [1.29, 1.82) is 0 Å². The van der Waals surface area contributed by atoms with E-state index in [0.717, 1.165) is 22.3 Å². The molecular formula is C18H21BrClN. The number of hydrogen-bond acceptors (Lipinski definition) is 1. The van der Waals surface area contributed by atoms with Gasteiger partial charge in [-0.15, -0.1) is 0 Å². The van der Waals surface area contributed by atoms with Gasteiger partial charge in [0.15, 0.2) is 0 Å². The third kappa shape index (κ3) is 4.24. The molecular weight excluding hydrogens is 346 g/mol. The summed E-state index contributed by atoms with van der Waals surface area (Å²) in [7, 11) is 0. The molecule has 1 N–H and O–H groups in total. The normalized spacial score (nSPS) is 12.2. The van der Waals surface area contributed by atoms with Crippen LogP contribution in [0.4, 0.5) is 5.69 Å². The smallest absolute Gasteiger partial charge is 0.0513 e. The van der Waals surface area contributed by atoms with E-state index in [1.54, 1.807) is 0 Å². The Morgan fingerprint density at radius 3 is 2.19 bits per heavy atom. The first-order chi connectivity index (χ1) is 10.0. The highest BCUT2D eigenvalue weighted by Crippen LogP contribution is 2.31. The first-order valence-corrected chi connectivity index (χ1v) is 8.47. The molecule has 0 spiro atoms. The van der Waals surface area contributed by atoms with Crippen molar-refractivity contribution in [2.75, 3.05) is 5.32 Å². The van der Waals surface area contributed by atoms with Crippen molar-refractivity contribution < 1.29 is 0 Å². The van der Waals surface area contributed by atoms with Gasteiger partial charge in [-0.2, -0.15) is 0 Å². The monoisotopic (exact) mass is 365 g/mol. The Morgan fingerprint density at radius 1 is 1.10 bits per heavy atom. The van der Waals surface area contributed by atoms with Gasteiger partial charge in [-0.1, -0.05) is 53.0 Å². The van der Waals surface area contributed by atoms with Crippen LogP contribution in [0.25, 0.3) is 0 Å². The molecule has 1 atom stereocenters. The molecule has 0 aliphatic carbocycles. The minimum Gasteiger partial charge on any atom is -0.378 e. The second kappa shape index (κ2) is 7.33. The van der Waals surface area contributed by atoms with Gasteiger partial charge in [0.05, 0.1) is 6.04 Å². The lowest BCUT2D eigenvalue weighted by molar-refractivity contribution is 0.676. The third-order valence-electron chi connectivity index (χ3n) is 3.67. The molecule has 0 saturated heterocycles. The Morgan fingerprint density at radius 2 is 1.67 bits per heavy atom. The predicted octanol–water partition coefficient (Wildman–Crippen LogP) is 6.67. The molecule has 2 aromatic rings. The first kappa shape index (κ1) is 16.4. The molecule has 1 nitrogen and oxygen atoms in total. The van der Waals surface area contributed by atoms with Crippen molar-refractivity contribution in [2.24, 2.45) is 0 Å². The second-order valence-electron chi connectivity index (χ2n) is 5.45. The molecule has 112 valence electrons. The van der Waals surface area contributed by atoms with E-state index in [2.05, 4.69) is 66.3 Å². The van der Waals surface area contributed by atoms with Crippen molar-refractivity contribution in [3.05, 3.63) is 62.6 Å². The minimum atomic E-state index is 0.311. The summed E-state index contributed by atoms with van der Waals surface area (Å²) in [6, 6.07) is 12.8. The second-order valence-corrected chi connectivity index (χ2v) is 6.80. The molecule has 0 heterocycles. The Hall–Kier alpha value is -0.990. The zero-order valence-corrected chi connectivity index (χ0v) is 15.1. The van der Waals surface area contributed by atoms with Crippen LogP contribution in [0.15, 0.2) is 40.9 Å². The van der Waals surface area contributed by atoms with E-state index in [1.165, 1.54) is 22.4 Å². The van der Waals surface area contributed by atoms with E-state index in [4.69, 9.17) is 11.6 Å². The highest BCUT2D eigenvalue weighted by molar-refractivity contribution is 9.10. The van der Waals surface area contributed by atoms with Crippen molar-refractivity contribution in [1.82, 2.24) is 0 Å². The molecule has 21 heavy (non-hydrogen) atoms. The molecule has 0 bridgehead atoms. The number of rotatable bonds is 5. The molecule has 0 radical (unpaired) electrons. The summed E-state index contributed by atoms with van der Waals surface area (Å²) in [4.78, 5) is 0. The minimum absolute atomic E-state index is 0.311. The van der Waals surface area contributed by atoms with Gasteiger partial charge in [0.1, 0.15) is 0 Å². The van der Waals surface area contributed by atoms with Crippen LogP contribution in [-0.2, 0) is 0 Å². The summed E-state index contributed by atoms with van der Waals surface area (Å²) in [5.74, 6) is 0. The number of anilines is 1. The lowest BCUT2D eigenvalue weighted by Crippen LogP contribution is -2.12. The van der Waals surface area contributed by atoms with Gasteiger partial charge in [0.2, 0.25) is 0 Å². The maximum atomic E-state index is 6.00. The number of hydrogen-bond donors (Lipinski definition) is 1. The highest BCUT2D eigenvalue weighted by atomic mass is 79.9.